The van der Waals surface area contributed by atoms with Gasteiger partial charge >= 0.3 is 12.0 Å². The fraction of sp³-hybridized carbons (Fsp3) is 0.429. The van der Waals surface area contributed by atoms with Crippen LogP contribution in [0.5, 0.6) is 0 Å². The second kappa shape index (κ2) is 7.41. The van der Waals surface area contributed by atoms with Gasteiger partial charge in [-0.25, -0.2) is 4.79 Å². The highest BCUT2D eigenvalue weighted by Gasteiger charge is 2.09. The monoisotopic (exact) mass is 264 g/mol. The van der Waals surface area contributed by atoms with Crippen molar-refractivity contribution >= 4 is 17.7 Å². The van der Waals surface area contributed by atoms with Gasteiger partial charge in [0.2, 0.25) is 0 Å². The van der Waals surface area contributed by atoms with Gasteiger partial charge in [-0.15, -0.1) is 0 Å². The van der Waals surface area contributed by atoms with Gasteiger partial charge in [-0.1, -0.05) is 19.1 Å². The second-order valence-electron chi connectivity index (χ2n) is 4.49. The Morgan fingerprint density at radius 3 is 2.74 bits per heavy atom. The standard InChI is InChI=1S/C14H20N2O3/c1-3-11-5-4-6-12(9-11)16-14(19)15-10(2)7-8-13(17)18/h4-6,9-10H,3,7-8H2,1-2H3,(H,17,18)(H2,15,16,19). The van der Waals surface area contributed by atoms with Crippen molar-refractivity contribution in [1.29, 1.82) is 0 Å². The number of rotatable bonds is 6. The molecule has 5 nitrogen and oxygen atoms in total. The predicted molar refractivity (Wildman–Crippen MR) is 74.3 cm³/mol. The molecule has 3 N–H and O–H groups in total. The lowest BCUT2D eigenvalue weighted by Crippen LogP contribution is -2.36. The van der Waals surface area contributed by atoms with Crippen LogP contribution in [-0.4, -0.2) is 23.1 Å². The first kappa shape index (κ1) is 15.0. The minimum Gasteiger partial charge on any atom is -0.481 e. The summed E-state index contributed by atoms with van der Waals surface area (Å²) in [6.45, 7) is 3.83. The molecule has 0 aliphatic carbocycles. The molecule has 0 spiro atoms. The van der Waals surface area contributed by atoms with Gasteiger partial charge < -0.3 is 15.7 Å². The van der Waals surface area contributed by atoms with Crippen LogP contribution in [0.4, 0.5) is 10.5 Å². The van der Waals surface area contributed by atoms with Gasteiger partial charge in [0.25, 0.3) is 0 Å². The summed E-state index contributed by atoms with van der Waals surface area (Å²) in [6, 6.07) is 7.14. The number of urea groups is 1. The summed E-state index contributed by atoms with van der Waals surface area (Å²) in [5, 5.41) is 14.0. The molecule has 0 aliphatic rings. The van der Waals surface area contributed by atoms with Crippen molar-refractivity contribution in [2.75, 3.05) is 5.32 Å². The van der Waals surface area contributed by atoms with Gasteiger partial charge in [-0.05, 0) is 37.5 Å². The normalized spacial score (nSPS) is 11.7. The molecular weight excluding hydrogens is 244 g/mol. The average Bonchev–Trinajstić information content (AvgIpc) is 2.36. The van der Waals surface area contributed by atoms with E-state index in [0.717, 1.165) is 17.7 Å². The summed E-state index contributed by atoms with van der Waals surface area (Å²) < 4.78 is 0. The van der Waals surface area contributed by atoms with Gasteiger partial charge in [-0.3, -0.25) is 4.79 Å². The van der Waals surface area contributed by atoms with Gasteiger partial charge in [0.1, 0.15) is 0 Å². The fourth-order valence-corrected chi connectivity index (χ4v) is 1.67. The van der Waals surface area contributed by atoms with E-state index < -0.39 is 5.97 Å². The fourth-order valence-electron chi connectivity index (χ4n) is 1.67. The van der Waals surface area contributed by atoms with Crippen molar-refractivity contribution in [3.8, 4) is 0 Å². The van der Waals surface area contributed by atoms with Crippen molar-refractivity contribution in [3.05, 3.63) is 29.8 Å². The zero-order valence-corrected chi connectivity index (χ0v) is 11.3. The van der Waals surface area contributed by atoms with Crippen LogP contribution in [0, 0.1) is 0 Å². The summed E-state index contributed by atoms with van der Waals surface area (Å²) >= 11 is 0. The second-order valence-corrected chi connectivity index (χ2v) is 4.49. The lowest BCUT2D eigenvalue weighted by Gasteiger charge is -2.14. The van der Waals surface area contributed by atoms with E-state index in [4.69, 9.17) is 5.11 Å². The third-order valence-corrected chi connectivity index (χ3v) is 2.76. The highest BCUT2D eigenvalue weighted by atomic mass is 16.4. The van der Waals surface area contributed by atoms with Crippen molar-refractivity contribution < 1.29 is 14.7 Å². The van der Waals surface area contributed by atoms with Crippen LogP contribution >= 0.6 is 0 Å². The highest BCUT2D eigenvalue weighted by Crippen LogP contribution is 2.11. The van der Waals surface area contributed by atoms with Crippen LogP contribution in [0.15, 0.2) is 24.3 Å². The molecule has 19 heavy (non-hydrogen) atoms. The van der Waals surface area contributed by atoms with E-state index >= 15 is 0 Å². The first-order valence-electron chi connectivity index (χ1n) is 6.39. The van der Waals surface area contributed by atoms with Crippen LogP contribution in [0.1, 0.15) is 32.3 Å². The smallest absolute Gasteiger partial charge is 0.319 e. The lowest BCUT2D eigenvalue weighted by atomic mass is 10.1. The number of nitrogens with one attached hydrogen (secondary N) is 2. The molecular formula is C14H20N2O3. The molecule has 0 radical (unpaired) electrons. The molecule has 0 heterocycles. The summed E-state index contributed by atoms with van der Waals surface area (Å²) in [4.78, 5) is 22.1. The molecule has 1 unspecified atom stereocenters. The third kappa shape index (κ3) is 5.90. The minimum absolute atomic E-state index is 0.0484. The Morgan fingerprint density at radius 1 is 1.37 bits per heavy atom. The summed E-state index contributed by atoms with van der Waals surface area (Å²) in [5.41, 5.74) is 1.89. The molecule has 0 saturated heterocycles. The van der Waals surface area contributed by atoms with Crippen LogP contribution in [0.25, 0.3) is 0 Å². The Balaban J connectivity index is 2.43. The zero-order valence-electron chi connectivity index (χ0n) is 11.3. The number of carbonyl (C=O) groups excluding carboxylic acids is 1. The molecule has 1 aromatic carbocycles. The first-order valence-corrected chi connectivity index (χ1v) is 6.39. The number of carbonyl (C=O) groups is 2. The molecule has 0 saturated carbocycles. The number of aryl methyl sites for hydroxylation is 1. The van der Waals surface area contributed by atoms with Gasteiger partial charge in [0, 0.05) is 18.2 Å². The Labute approximate surface area is 113 Å². The predicted octanol–water partition coefficient (Wildman–Crippen LogP) is 2.62. The molecule has 5 heteroatoms. The number of amides is 2. The van der Waals surface area contributed by atoms with E-state index in [1.807, 2.05) is 31.2 Å². The van der Waals surface area contributed by atoms with Crippen molar-refractivity contribution in [1.82, 2.24) is 5.32 Å². The van der Waals surface area contributed by atoms with E-state index in [1.54, 1.807) is 6.92 Å². The molecule has 104 valence electrons. The van der Waals surface area contributed by atoms with E-state index in [1.165, 1.54) is 0 Å². The molecule has 1 atom stereocenters. The molecule has 0 aromatic heterocycles. The molecule has 0 aliphatic heterocycles. The van der Waals surface area contributed by atoms with Crippen LogP contribution < -0.4 is 10.6 Å². The number of benzene rings is 1. The average molecular weight is 264 g/mol. The maximum Gasteiger partial charge on any atom is 0.319 e. The molecule has 2 amide bonds. The maximum absolute atomic E-state index is 11.7. The third-order valence-electron chi connectivity index (χ3n) is 2.76. The highest BCUT2D eigenvalue weighted by molar-refractivity contribution is 5.89. The van der Waals surface area contributed by atoms with E-state index in [0.29, 0.717) is 6.42 Å². The maximum atomic E-state index is 11.7. The molecule has 0 bridgehead atoms. The Hall–Kier alpha value is -2.04. The van der Waals surface area contributed by atoms with E-state index in [2.05, 4.69) is 10.6 Å². The van der Waals surface area contributed by atoms with E-state index in [-0.39, 0.29) is 18.5 Å². The molecule has 0 fully saturated rings. The van der Waals surface area contributed by atoms with Crippen molar-refractivity contribution in [2.45, 2.75) is 39.2 Å². The number of carboxylic acid groups (broad SMARTS) is 1. The SMILES string of the molecule is CCc1cccc(NC(=O)NC(C)CCC(=O)O)c1. The number of hydrogen-bond acceptors (Lipinski definition) is 2. The lowest BCUT2D eigenvalue weighted by molar-refractivity contribution is -0.137. The van der Waals surface area contributed by atoms with Gasteiger partial charge in [0.15, 0.2) is 0 Å². The summed E-state index contributed by atoms with van der Waals surface area (Å²) in [7, 11) is 0. The van der Waals surface area contributed by atoms with Crippen LogP contribution in [0.2, 0.25) is 0 Å². The number of carboxylic acids is 1. The summed E-state index contributed by atoms with van der Waals surface area (Å²) in [6.07, 6.45) is 1.37. The Morgan fingerprint density at radius 2 is 2.11 bits per heavy atom. The van der Waals surface area contributed by atoms with Crippen molar-refractivity contribution in [3.63, 3.8) is 0 Å². The number of aliphatic carboxylic acids is 1. The van der Waals surface area contributed by atoms with Crippen molar-refractivity contribution in [2.24, 2.45) is 0 Å². The molecule has 1 rings (SSSR count). The summed E-state index contributed by atoms with van der Waals surface area (Å²) in [5.74, 6) is -0.857. The number of hydrogen-bond donors (Lipinski definition) is 3. The topological polar surface area (TPSA) is 78.4 Å². The van der Waals surface area contributed by atoms with Gasteiger partial charge in [-0.2, -0.15) is 0 Å². The van der Waals surface area contributed by atoms with E-state index in [9.17, 15) is 9.59 Å². The zero-order chi connectivity index (χ0) is 14.3. The quantitative estimate of drug-likeness (QED) is 0.739. The molecule has 1 aromatic rings. The first-order chi connectivity index (χ1) is 9.01. The van der Waals surface area contributed by atoms with Gasteiger partial charge in [0.05, 0.1) is 0 Å². The van der Waals surface area contributed by atoms with Crippen LogP contribution in [0.3, 0.4) is 0 Å². The number of anilines is 1. The Bertz CT molecular complexity index is 446. The minimum atomic E-state index is -0.857. The van der Waals surface area contributed by atoms with Crippen LogP contribution in [-0.2, 0) is 11.2 Å². The Kier molecular flexibility index (Phi) is 5.85. The largest absolute Gasteiger partial charge is 0.481 e.